The lowest BCUT2D eigenvalue weighted by Crippen LogP contribution is -2.30. The van der Waals surface area contributed by atoms with Crippen LogP contribution in [0.3, 0.4) is 0 Å². The molecule has 1 atom stereocenters. The number of fused-ring (bicyclic) bond motifs is 1. The zero-order valence-electron chi connectivity index (χ0n) is 19.9. The van der Waals surface area contributed by atoms with E-state index < -0.39 is 23.5 Å². The SMILES string of the molecule is Cc1cc(/C(O)=C2\C(=O)C(=O)N(c3nc4ccc(F)cc4[nH]3)C2c2ccccc2)ccc1OC(C)C. The van der Waals surface area contributed by atoms with E-state index >= 15 is 0 Å². The summed E-state index contributed by atoms with van der Waals surface area (Å²) in [7, 11) is 0. The van der Waals surface area contributed by atoms with E-state index in [1.54, 1.807) is 42.5 Å². The molecule has 0 spiro atoms. The van der Waals surface area contributed by atoms with Crippen LogP contribution in [0.15, 0.2) is 72.3 Å². The highest BCUT2D eigenvalue weighted by Crippen LogP contribution is 2.42. The summed E-state index contributed by atoms with van der Waals surface area (Å²) in [5, 5.41) is 11.3. The summed E-state index contributed by atoms with van der Waals surface area (Å²) in [4.78, 5) is 35.2. The number of nitrogens with one attached hydrogen (secondary N) is 1. The van der Waals surface area contributed by atoms with Gasteiger partial charge in [-0.15, -0.1) is 0 Å². The molecule has 2 N–H and O–H groups in total. The van der Waals surface area contributed by atoms with Gasteiger partial charge in [0.15, 0.2) is 0 Å². The van der Waals surface area contributed by atoms with Gasteiger partial charge in [-0.05, 0) is 68.3 Å². The smallest absolute Gasteiger partial charge is 0.302 e. The van der Waals surface area contributed by atoms with Gasteiger partial charge in [-0.1, -0.05) is 30.3 Å². The average Bonchev–Trinajstić information content (AvgIpc) is 3.38. The molecule has 0 bridgehead atoms. The van der Waals surface area contributed by atoms with Crippen LogP contribution in [0.2, 0.25) is 0 Å². The van der Waals surface area contributed by atoms with Crippen molar-refractivity contribution in [2.24, 2.45) is 0 Å². The molecule has 1 fully saturated rings. The summed E-state index contributed by atoms with van der Waals surface area (Å²) < 4.78 is 19.5. The number of ether oxygens (including phenoxy) is 1. The van der Waals surface area contributed by atoms with E-state index in [0.717, 1.165) is 5.56 Å². The van der Waals surface area contributed by atoms with Gasteiger partial charge < -0.3 is 14.8 Å². The summed E-state index contributed by atoms with van der Waals surface area (Å²) in [6, 6.07) is 17.1. The van der Waals surface area contributed by atoms with Crippen molar-refractivity contribution in [2.45, 2.75) is 32.9 Å². The Morgan fingerprint density at radius 1 is 1.08 bits per heavy atom. The summed E-state index contributed by atoms with van der Waals surface area (Å²) in [6.07, 6.45) is -0.0242. The van der Waals surface area contributed by atoms with Crippen molar-refractivity contribution >= 4 is 34.4 Å². The molecule has 7 nitrogen and oxygen atoms in total. The van der Waals surface area contributed by atoms with E-state index in [9.17, 15) is 19.1 Å². The molecule has 1 aliphatic rings. The normalized spacial score (nSPS) is 17.4. The number of nitrogens with zero attached hydrogens (tertiary/aromatic N) is 2. The number of carbonyl (C=O) groups excluding carboxylic acids is 2. The predicted molar refractivity (Wildman–Crippen MR) is 134 cm³/mol. The molecule has 1 unspecified atom stereocenters. The number of Topliss-reactive ketones (excluding diaryl/α,β-unsaturated/α-hetero) is 1. The number of aromatic amines is 1. The number of aromatic nitrogens is 2. The number of carbonyl (C=O) groups is 2. The number of aliphatic hydroxyl groups excluding tert-OH is 1. The topological polar surface area (TPSA) is 95.5 Å². The first-order valence-electron chi connectivity index (χ1n) is 11.5. The van der Waals surface area contributed by atoms with Crippen LogP contribution >= 0.6 is 0 Å². The number of aliphatic hydroxyl groups is 1. The zero-order chi connectivity index (χ0) is 25.6. The van der Waals surface area contributed by atoms with Crippen LogP contribution < -0.4 is 9.64 Å². The number of rotatable bonds is 5. The third kappa shape index (κ3) is 4.00. The second-order valence-electron chi connectivity index (χ2n) is 8.95. The number of anilines is 1. The molecule has 5 rings (SSSR count). The van der Waals surface area contributed by atoms with Crippen molar-refractivity contribution in [1.29, 1.82) is 0 Å². The van der Waals surface area contributed by atoms with Crippen molar-refractivity contribution in [3.8, 4) is 5.75 Å². The molecular weight excluding hydrogens is 461 g/mol. The summed E-state index contributed by atoms with van der Waals surface area (Å²) >= 11 is 0. The predicted octanol–water partition coefficient (Wildman–Crippen LogP) is 5.42. The van der Waals surface area contributed by atoms with E-state index in [1.165, 1.54) is 23.1 Å². The Balaban J connectivity index is 1.67. The highest BCUT2D eigenvalue weighted by atomic mass is 19.1. The van der Waals surface area contributed by atoms with Crippen molar-refractivity contribution in [2.75, 3.05) is 4.90 Å². The summed E-state index contributed by atoms with van der Waals surface area (Å²) in [6.45, 7) is 5.68. The maximum Gasteiger partial charge on any atom is 0.302 e. The molecule has 1 amide bonds. The number of aryl methyl sites for hydroxylation is 1. The van der Waals surface area contributed by atoms with Gasteiger partial charge in [0.05, 0.1) is 28.8 Å². The molecule has 0 saturated carbocycles. The first-order valence-corrected chi connectivity index (χ1v) is 11.5. The third-order valence-electron chi connectivity index (χ3n) is 6.03. The Bertz CT molecular complexity index is 1520. The number of halogens is 1. The van der Waals surface area contributed by atoms with Crippen molar-refractivity contribution in [3.63, 3.8) is 0 Å². The quantitative estimate of drug-likeness (QED) is 0.223. The molecule has 1 saturated heterocycles. The monoisotopic (exact) mass is 485 g/mol. The minimum absolute atomic E-state index is 0.0242. The summed E-state index contributed by atoms with van der Waals surface area (Å²) in [5.41, 5.74) is 2.54. The van der Waals surface area contributed by atoms with Gasteiger partial charge in [0.2, 0.25) is 5.95 Å². The van der Waals surface area contributed by atoms with Crippen LogP contribution in [0.1, 0.15) is 36.6 Å². The van der Waals surface area contributed by atoms with E-state index in [1.807, 2.05) is 26.8 Å². The molecule has 182 valence electrons. The van der Waals surface area contributed by atoms with Crippen LogP contribution in [-0.4, -0.2) is 32.9 Å². The number of hydrogen-bond donors (Lipinski definition) is 2. The first-order chi connectivity index (χ1) is 17.2. The largest absolute Gasteiger partial charge is 0.507 e. The maximum atomic E-state index is 13.8. The number of hydrogen-bond acceptors (Lipinski definition) is 5. The minimum Gasteiger partial charge on any atom is -0.507 e. The standard InChI is InChI=1S/C28H24FN3O4/c1-15(2)36-22-12-9-18(13-16(22)3)25(33)23-24(17-7-5-4-6-8-17)32(27(35)26(23)34)28-30-20-11-10-19(29)14-21(20)31-28/h4-15,24,33H,1-3H3,(H,30,31)/b25-23+. The van der Waals surface area contributed by atoms with Crippen LogP contribution in [-0.2, 0) is 9.59 Å². The number of imidazole rings is 1. The van der Waals surface area contributed by atoms with Gasteiger partial charge in [-0.25, -0.2) is 9.37 Å². The van der Waals surface area contributed by atoms with Crippen LogP contribution in [0.25, 0.3) is 16.8 Å². The molecule has 8 heteroatoms. The van der Waals surface area contributed by atoms with Crippen LogP contribution in [0.5, 0.6) is 5.75 Å². The Morgan fingerprint density at radius 3 is 2.53 bits per heavy atom. The number of H-pyrrole nitrogens is 1. The zero-order valence-corrected chi connectivity index (χ0v) is 19.9. The van der Waals surface area contributed by atoms with Crippen molar-refractivity contribution < 1.29 is 23.8 Å². The lowest BCUT2D eigenvalue weighted by molar-refractivity contribution is -0.132. The van der Waals surface area contributed by atoms with Crippen LogP contribution in [0, 0.1) is 12.7 Å². The van der Waals surface area contributed by atoms with Gasteiger partial charge >= 0.3 is 5.91 Å². The molecular formula is C28H24FN3O4. The highest BCUT2D eigenvalue weighted by molar-refractivity contribution is 6.51. The maximum absolute atomic E-state index is 13.8. The summed E-state index contributed by atoms with van der Waals surface area (Å²) in [5.74, 6) is -1.70. The van der Waals surface area contributed by atoms with Crippen molar-refractivity contribution in [3.05, 3.63) is 94.8 Å². The minimum atomic E-state index is -0.941. The molecule has 3 aromatic carbocycles. The second kappa shape index (κ2) is 8.96. The molecule has 0 radical (unpaired) electrons. The molecule has 1 aliphatic heterocycles. The van der Waals surface area contributed by atoms with Gasteiger partial charge in [0.1, 0.15) is 17.3 Å². The third-order valence-corrected chi connectivity index (χ3v) is 6.03. The van der Waals surface area contributed by atoms with Gasteiger partial charge in [0.25, 0.3) is 5.78 Å². The molecule has 1 aromatic heterocycles. The fourth-order valence-corrected chi connectivity index (χ4v) is 4.42. The molecule has 2 heterocycles. The van der Waals surface area contributed by atoms with E-state index in [-0.39, 0.29) is 23.4 Å². The fraction of sp³-hybridized carbons (Fsp3) is 0.179. The molecule has 4 aromatic rings. The van der Waals surface area contributed by atoms with Gasteiger partial charge in [0, 0.05) is 5.56 Å². The van der Waals surface area contributed by atoms with E-state index in [0.29, 0.717) is 27.9 Å². The van der Waals surface area contributed by atoms with E-state index in [4.69, 9.17) is 4.74 Å². The van der Waals surface area contributed by atoms with Crippen LogP contribution in [0.4, 0.5) is 10.3 Å². The Hall–Kier alpha value is -4.46. The van der Waals surface area contributed by atoms with Crippen molar-refractivity contribution in [1.82, 2.24) is 9.97 Å². The lowest BCUT2D eigenvalue weighted by Gasteiger charge is -2.23. The second-order valence-corrected chi connectivity index (χ2v) is 8.95. The Morgan fingerprint density at radius 2 is 1.83 bits per heavy atom. The van der Waals surface area contributed by atoms with E-state index in [2.05, 4.69) is 9.97 Å². The number of ketones is 1. The lowest BCUT2D eigenvalue weighted by atomic mass is 9.95. The Labute approximate surface area is 206 Å². The number of amides is 1. The number of benzene rings is 3. The first kappa shape index (κ1) is 23.3. The van der Waals surface area contributed by atoms with Gasteiger partial charge in [-0.3, -0.25) is 14.5 Å². The Kier molecular flexibility index (Phi) is 5.80. The average molecular weight is 486 g/mol. The fourth-order valence-electron chi connectivity index (χ4n) is 4.42. The highest BCUT2D eigenvalue weighted by Gasteiger charge is 2.48. The van der Waals surface area contributed by atoms with Gasteiger partial charge in [-0.2, -0.15) is 0 Å². The molecule has 0 aliphatic carbocycles. The molecule has 36 heavy (non-hydrogen) atoms.